The van der Waals surface area contributed by atoms with E-state index in [-0.39, 0.29) is 21.3 Å². The molecule has 0 aliphatic heterocycles. The van der Waals surface area contributed by atoms with Crippen LogP contribution in [0.15, 0.2) is 35.2 Å². The van der Waals surface area contributed by atoms with Gasteiger partial charge in [0, 0.05) is 17.1 Å². The Kier molecular flexibility index (Phi) is 5.05. The number of nitrogens with zero attached hydrogens (tertiary/aromatic N) is 2. The van der Waals surface area contributed by atoms with E-state index >= 15 is 0 Å². The van der Waals surface area contributed by atoms with Gasteiger partial charge >= 0.3 is 5.00 Å². The lowest BCUT2D eigenvalue weighted by Gasteiger charge is -2.04. The number of hydrogen-bond donors (Lipinski definition) is 1. The molecule has 0 spiro atoms. The van der Waals surface area contributed by atoms with E-state index < -0.39 is 16.6 Å². The maximum absolute atomic E-state index is 13.1. The van der Waals surface area contributed by atoms with E-state index in [2.05, 4.69) is 5.32 Å². The molecular formula is C14H7ClFN3O3S. The third kappa shape index (κ3) is 4.12. The molecule has 1 heterocycles. The van der Waals surface area contributed by atoms with Crippen LogP contribution in [-0.4, -0.2) is 10.8 Å². The molecular weight excluding hydrogens is 345 g/mol. The Labute approximate surface area is 138 Å². The summed E-state index contributed by atoms with van der Waals surface area (Å²) in [6, 6.07) is 6.55. The summed E-state index contributed by atoms with van der Waals surface area (Å²) in [7, 11) is 0. The second kappa shape index (κ2) is 7.00. The van der Waals surface area contributed by atoms with Crippen molar-refractivity contribution in [2.24, 2.45) is 0 Å². The number of nitrogens with one attached hydrogen (secondary N) is 1. The molecule has 0 radical (unpaired) electrons. The Balaban J connectivity index is 2.20. The molecule has 2 rings (SSSR count). The second-order valence-electron chi connectivity index (χ2n) is 4.23. The predicted molar refractivity (Wildman–Crippen MR) is 84.6 cm³/mol. The number of thiophene rings is 1. The molecule has 0 fully saturated rings. The molecule has 9 heteroatoms. The largest absolute Gasteiger partial charge is 0.324 e. The number of hydrogen-bond acceptors (Lipinski definition) is 5. The van der Waals surface area contributed by atoms with Gasteiger partial charge in [-0.05, 0) is 29.8 Å². The molecule has 1 amide bonds. The number of halogens is 2. The molecule has 0 bridgehead atoms. The first-order valence-electron chi connectivity index (χ1n) is 6.02. The fourth-order valence-electron chi connectivity index (χ4n) is 1.60. The van der Waals surface area contributed by atoms with Crippen molar-refractivity contribution in [2.45, 2.75) is 0 Å². The molecule has 116 valence electrons. The van der Waals surface area contributed by atoms with E-state index in [4.69, 9.17) is 16.9 Å². The summed E-state index contributed by atoms with van der Waals surface area (Å²) in [6.45, 7) is 0. The Morgan fingerprint density at radius 1 is 1.48 bits per heavy atom. The van der Waals surface area contributed by atoms with Gasteiger partial charge in [-0.25, -0.2) is 4.39 Å². The Morgan fingerprint density at radius 2 is 2.22 bits per heavy atom. The normalized spacial score (nSPS) is 10.9. The highest BCUT2D eigenvalue weighted by atomic mass is 35.5. The average Bonchev–Trinajstić information content (AvgIpc) is 2.97. The summed E-state index contributed by atoms with van der Waals surface area (Å²) in [5, 5.41) is 23.3. The van der Waals surface area contributed by atoms with Crippen LogP contribution < -0.4 is 5.32 Å². The van der Waals surface area contributed by atoms with Crippen molar-refractivity contribution in [3.8, 4) is 6.07 Å². The summed E-state index contributed by atoms with van der Waals surface area (Å²) in [5.41, 5.74) is 0.336. The van der Waals surface area contributed by atoms with Crippen LogP contribution in [-0.2, 0) is 4.79 Å². The number of carbonyl (C=O) groups is 1. The number of rotatable bonds is 4. The molecule has 0 aliphatic rings. The first-order chi connectivity index (χ1) is 10.9. The molecule has 0 unspecified atom stereocenters. The molecule has 23 heavy (non-hydrogen) atoms. The van der Waals surface area contributed by atoms with Crippen LogP contribution in [0.25, 0.3) is 6.08 Å². The number of benzene rings is 1. The zero-order valence-electron chi connectivity index (χ0n) is 11.2. The number of nitro groups is 1. The molecule has 1 aromatic carbocycles. The van der Waals surface area contributed by atoms with Gasteiger partial charge in [0.2, 0.25) is 0 Å². The smallest absolute Gasteiger partial charge is 0.321 e. The van der Waals surface area contributed by atoms with Gasteiger partial charge in [0.05, 0.1) is 9.95 Å². The number of nitriles is 1. The highest BCUT2D eigenvalue weighted by Crippen LogP contribution is 2.25. The quantitative estimate of drug-likeness (QED) is 0.390. The molecule has 0 atom stereocenters. The summed E-state index contributed by atoms with van der Waals surface area (Å²) in [4.78, 5) is 22.1. The van der Waals surface area contributed by atoms with Crippen molar-refractivity contribution in [1.82, 2.24) is 0 Å². The highest BCUT2D eigenvalue weighted by Gasteiger charge is 2.13. The van der Waals surface area contributed by atoms with Gasteiger partial charge in [-0.1, -0.05) is 22.9 Å². The van der Waals surface area contributed by atoms with Gasteiger partial charge in [-0.3, -0.25) is 14.9 Å². The van der Waals surface area contributed by atoms with Gasteiger partial charge in [0.25, 0.3) is 5.91 Å². The minimum absolute atomic E-state index is 0.0979. The first kappa shape index (κ1) is 16.6. The highest BCUT2D eigenvalue weighted by molar-refractivity contribution is 7.13. The second-order valence-corrected chi connectivity index (χ2v) is 5.53. The van der Waals surface area contributed by atoms with E-state index in [0.29, 0.717) is 5.56 Å². The monoisotopic (exact) mass is 351 g/mol. The standard InChI is InChI=1S/C14H7ClFN3O3S/c15-11-5-10(1-2-12(11)16)18-14(20)9(6-17)3-8-4-13(19(21)22)23-7-8/h1-5,7H,(H,18,20)/b9-3+. The molecule has 0 saturated heterocycles. The predicted octanol–water partition coefficient (Wildman–Crippen LogP) is 3.99. The molecule has 2 aromatic rings. The molecule has 6 nitrogen and oxygen atoms in total. The van der Waals surface area contributed by atoms with Crippen molar-refractivity contribution in [3.63, 3.8) is 0 Å². The minimum Gasteiger partial charge on any atom is -0.321 e. The van der Waals surface area contributed by atoms with Crippen molar-refractivity contribution < 1.29 is 14.1 Å². The lowest BCUT2D eigenvalue weighted by molar-refractivity contribution is -0.380. The van der Waals surface area contributed by atoms with E-state index in [1.165, 1.54) is 29.7 Å². The van der Waals surface area contributed by atoms with Crippen LogP contribution in [0, 0.1) is 27.3 Å². The van der Waals surface area contributed by atoms with Gasteiger partial charge in [-0.15, -0.1) is 0 Å². The Bertz CT molecular complexity index is 857. The van der Waals surface area contributed by atoms with Crippen LogP contribution in [0.2, 0.25) is 5.02 Å². The van der Waals surface area contributed by atoms with Crippen molar-refractivity contribution in [2.75, 3.05) is 5.32 Å². The molecule has 1 aromatic heterocycles. The lowest BCUT2D eigenvalue weighted by Crippen LogP contribution is -2.13. The third-order valence-corrected chi connectivity index (χ3v) is 3.83. The van der Waals surface area contributed by atoms with E-state index in [1.807, 2.05) is 0 Å². The molecule has 0 saturated carbocycles. The fraction of sp³-hybridized carbons (Fsp3) is 0. The van der Waals surface area contributed by atoms with Crippen LogP contribution in [0.4, 0.5) is 15.1 Å². The van der Waals surface area contributed by atoms with Gasteiger partial charge < -0.3 is 5.32 Å². The average molecular weight is 352 g/mol. The SMILES string of the molecule is N#C/C(=C\c1csc([N+](=O)[O-])c1)C(=O)Nc1ccc(F)c(Cl)c1. The Hall–Kier alpha value is -2.76. The maximum Gasteiger partial charge on any atom is 0.324 e. The van der Waals surface area contributed by atoms with Crippen molar-refractivity contribution >= 4 is 45.6 Å². The number of carbonyl (C=O) groups excluding carboxylic acids is 1. The van der Waals surface area contributed by atoms with E-state index in [0.717, 1.165) is 17.4 Å². The zero-order valence-corrected chi connectivity index (χ0v) is 12.8. The topological polar surface area (TPSA) is 96.0 Å². The number of anilines is 1. The summed E-state index contributed by atoms with van der Waals surface area (Å²) >= 11 is 6.49. The zero-order chi connectivity index (χ0) is 17.0. The summed E-state index contributed by atoms with van der Waals surface area (Å²) in [6.07, 6.45) is 1.23. The third-order valence-electron chi connectivity index (χ3n) is 2.64. The number of amides is 1. The van der Waals surface area contributed by atoms with Crippen molar-refractivity contribution in [3.05, 3.63) is 61.7 Å². The van der Waals surface area contributed by atoms with Crippen LogP contribution in [0.5, 0.6) is 0 Å². The summed E-state index contributed by atoms with van der Waals surface area (Å²) < 4.78 is 13.1. The van der Waals surface area contributed by atoms with Crippen LogP contribution >= 0.6 is 22.9 Å². The van der Waals surface area contributed by atoms with E-state index in [9.17, 15) is 19.3 Å². The van der Waals surface area contributed by atoms with E-state index in [1.54, 1.807) is 6.07 Å². The van der Waals surface area contributed by atoms with Crippen molar-refractivity contribution in [1.29, 1.82) is 5.26 Å². The van der Waals surface area contributed by atoms with Gasteiger partial charge in [0.15, 0.2) is 0 Å². The van der Waals surface area contributed by atoms with Gasteiger partial charge in [-0.2, -0.15) is 5.26 Å². The Morgan fingerprint density at radius 3 is 2.78 bits per heavy atom. The summed E-state index contributed by atoms with van der Waals surface area (Å²) in [5.74, 6) is -1.37. The first-order valence-corrected chi connectivity index (χ1v) is 7.27. The van der Waals surface area contributed by atoms with Gasteiger partial charge in [0.1, 0.15) is 17.5 Å². The van der Waals surface area contributed by atoms with Crippen LogP contribution in [0.3, 0.4) is 0 Å². The van der Waals surface area contributed by atoms with Crippen LogP contribution in [0.1, 0.15) is 5.56 Å². The molecule has 0 aliphatic carbocycles. The minimum atomic E-state index is -0.732. The molecule has 1 N–H and O–H groups in total. The lowest BCUT2D eigenvalue weighted by atomic mass is 10.2. The fourth-order valence-corrected chi connectivity index (χ4v) is 2.46. The maximum atomic E-state index is 13.1.